The molecule has 1 aromatic carbocycles. The van der Waals surface area contributed by atoms with Crippen molar-refractivity contribution in [2.24, 2.45) is 29.1 Å². The molecule has 2 aliphatic carbocycles. The third kappa shape index (κ3) is 4.03. The van der Waals surface area contributed by atoms with Crippen molar-refractivity contribution in [1.29, 1.82) is 0 Å². The lowest BCUT2D eigenvalue weighted by atomic mass is 9.51. The molecule has 1 spiro atoms. The topological polar surface area (TPSA) is 88.2 Å². The van der Waals surface area contributed by atoms with Crippen molar-refractivity contribution in [3.63, 3.8) is 0 Å². The largest absolute Gasteiger partial charge is 0.457 e. The number of hydrogen-bond acceptors (Lipinski definition) is 5. The molecule has 5 rings (SSSR count). The minimum Gasteiger partial charge on any atom is -0.457 e. The molecule has 1 saturated carbocycles. The van der Waals surface area contributed by atoms with Crippen LogP contribution in [0.15, 0.2) is 54.6 Å². The zero-order valence-electron chi connectivity index (χ0n) is 21.9. The van der Waals surface area contributed by atoms with Crippen LogP contribution in [-0.2, 0) is 25.5 Å². The molecule has 2 saturated heterocycles. The van der Waals surface area contributed by atoms with Crippen molar-refractivity contribution in [2.75, 3.05) is 0 Å². The average Bonchev–Trinajstić information content (AvgIpc) is 3.42. The van der Waals surface area contributed by atoms with E-state index < -0.39 is 23.1 Å². The molecule has 1 aromatic rings. The summed E-state index contributed by atoms with van der Waals surface area (Å²) in [5.74, 6) is -0.642. The normalized spacial score (nSPS) is 47.3. The van der Waals surface area contributed by atoms with E-state index in [0.29, 0.717) is 12.8 Å². The van der Waals surface area contributed by atoms with Crippen LogP contribution in [0.25, 0.3) is 0 Å². The Morgan fingerprint density at radius 3 is 2.61 bits per heavy atom. The molecule has 36 heavy (non-hydrogen) atoms. The number of carbonyl (C=O) groups is 2. The Balaban J connectivity index is 1.68. The summed E-state index contributed by atoms with van der Waals surface area (Å²) < 4.78 is 12.4. The van der Waals surface area contributed by atoms with Gasteiger partial charge in [0.1, 0.15) is 11.5 Å². The number of esters is 1. The summed E-state index contributed by atoms with van der Waals surface area (Å²) in [6, 6.07) is 10.0. The first-order valence-electron chi connectivity index (χ1n) is 13.3. The smallest absolute Gasteiger partial charge is 0.303 e. The number of rotatable bonds is 3. The summed E-state index contributed by atoms with van der Waals surface area (Å²) in [6.07, 6.45) is 8.86. The zero-order valence-corrected chi connectivity index (χ0v) is 21.9. The molecule has 1 amide bonds. The summed E-state index contributed by atoms with van der Waals surface area (Å²) in [7, 11) is 0. The Bertz CT molecular complexity index is 1080. The van der Waals surface area contributed by atoms with Gasteiger partial charge in [0.05, 0.1) is 17.3 Å². The molecule has 2 aliphatic heterocycles. The fourth-order valence-electron chi connectivity index (χ4n) is 7.54. The van der Waals surface area contributed by atoms with Gasteiger partial charge < -0.3 is 19.9 Å². The van der Waals surface area contributed by atoms with Gasteiger partial charge in [0.2, 0.25) is 5.91 Å². The standard InChI is InChI=1S/C30H39NO5/c1-18-10-9-13-22-26-29(5,36-26)19(2)25-23(16-21-11-7-6-8-12-21)31-27(33)30(22,25)24(35-20(3)32)14-15-28(4,34)17-18/h6-9,11-15,18-19,22-26,34H,10,16-17H2,1-5H3,(H,31,33)/b13-9+,15-14+/t18-,19-,22-,23-,24+,25+,26-,28-,29+,30+/m0/s1. The number of epoxide rings is 1. The van der Waals surface area contributed by atoms with Crippen LogP contribution < -0.4 is 5.32 Å². The molecule has 4 aliphatic rings. The Kier molecular flexibility index (Phi) is 6.19. The second kappa shape index (κ2) is 8.84. The number of benzene rings is 1. The van der Waals surface area contributed by atoms with E-state index in [2.05, 4.69) is 50.4 Å². The Morgan fingerprint density at radius 1 is 1.19 bits per heavy atom. The van der Waals surface area contributed by atoms with Crippen LogP contribution in [0.5, 0.6) is 0 Å². The Hall–Kier alpha value is -2.44. The highest BCUT2D eigenvalue weighted by molar-refractivity contribution is 5.89. The van der Waals surface area contributed by atoms with Gasteiger partial charge in [0.25, 0.3) is 0 Å². The van der Waals surface area contributed by atoms with Crippen LogP contribution in [-0.4, -0.2) is 46.4 Å². The fraction of sp³-hybridized carbons (Fsp3) is 0.600. The highest BCUT2D eigenvalue weighted by Crippen LogP contribution is 2.67. The first kappa shape index (κ1) is 25.2. The predicted molar refractivity (Wildman–Crippen MR) is 137 cm³/mol. The van der Waals surface area contributed by atoms with E-state index in [1.165, 1.54) is 6.92 Å². The predicted octanol–water partition coefficient (Wildman–Crippen LogP) is 3.98. The van der Waals surface area contributed by atoms with Gasteiger partial charge in [-0.05, 0) is 56.6 Å². The maximum Gasteiger partial charge on any atom is 0.303 e. The maximum absolute atomic E-state index is 14.3. The van der Waals surface area contributed by atoms with Gasteiger partial charge in [0.15, 0.2) is 0 Å². The minimum absolute atomic E-state index is 0.0517. The average molecular weight is 494 g/mol. The number of aliphatic hydroxyl groups is 1. The third-order valence-electron chi connectivity index (χ3n) is 9.24. The molecule has 10 atom stereocenters. The molecule has 0 unspecified atom stereocenters. The van der Waals surface area contributed by atoms with Crippen LogP contribution in [0.2, 0.25) is 0 Å². The molecular weight excluding hydrogens is 454 g/mol. The van der Waals surface area contributed by atoms with Gasteiger partial charge >= 0.3 is 5.97 Å². The second-order valence-corrected chi connectivity index (χ2v) is 12.0. The first-order valence-corrected chi connectivity index (χ1v) is 13.3. The van der Waals surface area contributed by atoms with Crippen molar-refractivity contribution in [2.45, 2.75) is 83.3 Å². The molecule has 0 aromatic heterocycles. The SMILES string of the molecule is CC(=O)O[C@@H]1/C=C/[C@](C)(O)C[C@@H](C)C/C=C/[C@H]2[C@@H]3O[C@]3(C)[C@@H](C)[C@@H]3[C@H](Cc4ccccc4)NC(=O)[C@@]312. The number of allylic oxidation sites excluding steroid dienone is 1. The van der Waals surface area contributed by atoms with Gasteiger partial charge in [-0.3, -0.25) is 9.59 Å². The quantitative estimate of drug-likeness (QED) is 0.378. The highest BCUT2D eigenvalue weighted by Gasteiger charge is 2.78. The van der Waals surface area contributed by atoms with Crippen LogP contribution in [0.4, 0.5) is 0 Å². The molecule has 6 heteroatoms. The van der Waals surface area contributed by atoms with E-state index >= 15 is 0 Å². The van der Waals surface area contributed by atoms with E-state index in [1.807, 2.05) is 18.2 Å². The van der Waals surface area contributed by atoms with Crippen molar-refractivity contribution >= 4 is 11.9 Å². The number of nitrogens with one attached hydrogen (secondary N) is 1. The van der Waals surface area contributed by atoms with Gasteiger partial charge in [-0.2, -0.15) is 0 Å². The number of amides is 1. The van der Waals surface area contributed by atoms with Gasteiger partial charge in [-0.1, -0.05) is 62.4 Å². The summed E-state index contributed by atoms with van der Waals surface area (Å²) in [4.78, 5) is 26.7. The summed E-state index contributed by atoms with van der Waals surface area (Å²) in [5.41, 5.74) is -1.31. The van der Waals surface area contributed by atoms with E-state index in [0.717, 1.165) is 12.0 Å². The molecule has 6 nitrogen and oxygen atoms in total. The van der Waals surface area contributed by atoms with E-state index in [4.69, 9.17) is 9.47 Å². The number of fused-ring (bicyclic) bond motifs is 2. The second-order valence-electron chi connectivity index (χ2n) is 12.0. The lowest BCUT2D eigenvalue weighted by Gasteiger charge is -2.49. The summed E-state index contributed by atoms with van der Waals surface area (Å²) >= 11 is 0. The molecule has 194 valence electrons. The third-order valence-corrected chi connectivity index (χ3v) is 9.24. The van der Waals surface area contributed by atoms with Crippen LogP contribution in [0, 0.1) is 29.1 Å². The lowest BCUT2D eigenvalue weighted by molar-refractivity contribution is -0.162. The summed E-state index contributed by atoms with van der Waals surface area (Å²) in [5, 5.41) is 14.5. The molecule has 2 heterocycles. The Labute approximate surface area is 214 Å². The van der Waals surface area contributed by atoms with Crippen molar-refractivity contribution in [3.05, 3.63) is 60.2 Å². The molecule has 3 fully saturated rings. The summed E-state index contributed by atoms with van der Waals surface area (Å²) in [6.45, 7) is 9.59. The molecule has 2 N–H and O–H groups in total. The zero-order chi connectivity index (χ0) is 25.9. The van der Waals surface area contributed by atoms with E-state index in [9.17, 15) is 14.7 Å². The number of carbonyl (C=O) groups excluding carboxylic acids is 2. The molecular formula is C30H39NO5. The van der Waals surface area contributed by atoms with E-state index in [1.54, 1.807) is 19.1 Å². The lowest BCUT2D eigenvalue weighted by Crippen LogP contribution is -2.60. The van der Waals surface area contributed by atoms with Crippen molar-refractivity contribution in [3.8, 4) is 0 Å². The van der Waals surface area contributed by atoms with Gasteiger partial charge in [0, 0.05) is 24.8 Å². The van der Waals surface area contributed by atoms with Gasteiger partial charge in [-0.15, -0.1) is 0 Å². The van der Waals surface area contributed by atoms with Crippen LogP contribution >= 0.6 is 0 Å². The fourth-order valence-corrected chi connectivity index (χ4v) is 7.54. The van der Waals surface area contributed by atoms with Crippen molar-refractivity contribution < 1.29 is 24.2 Å². The van der Waals surface area contributed by atoms with Crippen molar-refractivity contribution in [1.82, 2.24) is 5.32 Å². The maximum atomic E-state index is 14.3. The van der Waals surface area contributed by atoms with Gasteiger partial charge in [-0.25, -0.2) is 0 Å². The van der Waals surface area contributed by atoms with E-state index in [-0.39, 0.29) is 47.3 Å². The van der Waals surface area contributed by atoms with Crippen LogP contribution in [0.3, 0.4) is 0 Å². The first-order chi connectivity index (χ1) is 17.0. The highest BCUT2D eigenvalue weighted by atomic mass is 16.6. The number of ether oxygens (including phenoxy) is 2. The van der Waals surface area contributed by atoms with Crippen LogP contribution in [0.1, 0.15) is 53.0 Å². The minimum atomic E-state index is -1.08. The Morgan fingerprint density at radius 2 is 1.92 bits per heavy atom. The molecule has 0 bridgehead atoms. The molecule has 0 radical (unpaired) electrons. The number of hydrogen-bond donors (Lipinski definition) is 2. The monoisotopic (exact) mass is 493 g/mol.